The van der Waals surface area contributed by atoms with E-state index in [0.29, 0.717) is 0 Å². The SMILES string of the molecule is COc1ccc(CSc2cc(O[Si](C)(C)C(C)(C)C)c3cc(F)ccc3c2)cc1. The van der Waals surface area contributed by atoms with Crippen molar-refractivity contribution in [3.8, 4) is 11.5 Å². The monoisotopic (exact) mass is 428 g/mol. The van der Waals surface area contributed by atoms with Gasteiger partial charge >= 0.3 is 0 Å². The molecule has 0 atom stereocenters. The van der Waals surface area contributed by atoms with Gasteiger partial charge in [-0.25, -0.2) is 4.39 Å². The van der Waals surface area contributed by atoms with Gasteiger partial charge in [0.05, 0.1) is 7.11 Å². The molecule has 0 aliphatic heterocycles. The van der Waals surface area contributed by atoms with Gasteiger partial charge in [0.15, 0.2) is 0 Å². The number of thioether (sulfide) groups is 1. The third-order valence-corrected chi connectivity index (χ3v) is 11.0. The molecule has 0 spiro atoms. The zero-order valence-corrected chi connectivity index (χ0v) is 19.8. The molecule has 3 rings (SSSR count). The highest BCUT2D eigenvalue weighted by atomic mass is 32.2. The molecule has 0 fully saturated rings. The van der Waals surface area contributed by atoms with Crippen LogP contribution in [0.5, 0.6) is 11.5 Å². The molecule has 0 bridgehead atoms. The maximum absolute atomic E-state index is 14.0. The Labute approximate surface area is 178 Å². The number of hydrogen-bond donors (Lipinski definition) is 0. The summed E-state index contributed by atoms with van der Waals surface area (Å²) in [5, 5.41) is 1.90. The lowest BCUT2D eigenvalue weighted by Gasteiger charge is -2.37. The summed E-state index contributed by atoms with van der Waals surface area (Å²) in [5.41, 5.74) is 1.22. The summed E-state index contributed by atoms with van der Waals surface area (Å²) in [7, 11) is -0.374. The minimum atomic E-state index is -2.05. The second kappa shape index (κ2) is 8.40. The van der Waals surface area contributed by atoms with Crippen LogP contribution in [0.2, 0.25) is 18.1 Å². The fourth-order valence-corrected chi connectivity index (χ4v) is 4.71. The molecule has 0 saturated carbocycles. The van der Waals surface area contributed by atoms with Gasteiger partial charge in [0.1, 0.15) is 17.3 Å². The molecule has 0 heterocycles. The molecule has 0 aliphatic carbocycles. The van der Waals surface area contributed by atoms with Gasteiger partial charge in [-0.1, -0.05) is 39.0 Å². The van der Waals surface area contributed by atoms with Crippen LogP contribution >= 0.6 is 11.8 Å². The van der Waals surface area contributed by atoms with E-state index in [1.54, 1.807) is 24.9 Å². The molecule has 0 N–H and O–H groups in total. The Hall–Kier alpha value is -1.98. The number of hydrogen-bond acceptors (Lipinski definition) is 3. The maximum atomic E-state index is 14.0. The average molecular weight is 429 g/mol. The molecular formula is C24H29FO2SSi. The Kier molecular flexibility index (Phi) is 6.29. The van der Waals surface area contributed by atoms with Gasteiger partial charge in [0.2, 0.25) is 0 Å². The topological polar surface area (TPSA) is 18.5 Å². The van der Waals surface area contributed by atoms with Crippen molar-refractivity contribution >= 4 is 30.9 Å². The Morgan fingerprint density at radius 3 is 2.28 bits per heavy atom. The minimum Gasteiger partial charge on any atom is -0.543 e. The predicted octanol–water partition coefficient (Wildman–Crippen LogP) is 7.66. The molecule has 0 unspecified atom stereocenters. The molecule has 5 heteroatoms. The highest BCUT2D eigenvalue weighted by Gasteiger charge is 2.39. The van der Waals surface area contributed by atoms with E-state index in [0.717, 1.165) is 32.9 Å². The van der Waals surface area contributed by atoms with Gasteiger partial charge < -0.3 is 9.16 Å². The van der Waals surface area contributed by atoms with E-state index in [4.69, 9.17) is 9.16 Å². The molecule has 29 heavy (non-hydrogen) atoms. The normalized spacial score (nSPS) is 12.2. The van der Waals surface area contributed by atoms with Crippen molar-refractivity contribution < 1.29 is 13.6 Å². The number of methoxy groups -OCH3 is 1. The molecule has 154 valence electrons. The first-order chi connectivity index (χ1) is 13.6. The van der Waals surface area contributed by atoms with E-state index in [9.17, 15) is 4.39 Å². The summed E-state index contributed by atoms with van der Waals surface area (Å²) >= 11 is 1.75. The number of benzene rings is 3. The first kappa shape index (κ1) is 21.7. The Bertz CT molecular complexity index is 994. The fraction of sp³-hybridized carbons (Fsp3) is 0.333. The van der Waals surface area contributed by atoms with Crippen LogP contribution in [0.15, 0.2) is 59.5 Å². The Morgan fingerprint density at radius 1 is 0.966 bits per heavy atom. The number of halogens is 1. The largest absolute Gasteiger partial charge is 0.543 e. The smallest absolute Gasteiger partial charge is 0.250 e. The summed E-state index contributed by atoms with van der Waals surface area (Å²) in [6.45, 7) is 11.1. The van der Waals surface area contributed by atoms with Crippen LogP contribution in [-0.4, -0.2) is 15.4 Å². The number of rotatable bonds is 6. The van der Waals surface area contributed by atoms with Gasteiger partial charge in [-0.3, -0.25) is 0 Å². The van der Waals surface area contributed by atoms with Crippen LogP contribution in [-0.2, 0) is 5.75 Å². The van der Waals surface area contributed by atoms with E-state index in [2.05, 4.69) is 58.1 Å². The summed E-state index contributed by atoms with van der Waals surface area (Å²) < 4.78 is 25.8. The van der Waals surface area contributed by atoms with Crippen molar-refractivity contribution in [2.75, 3.05) is 7.11 Å². The van der Waals surface area contributed by atoms with E-state index in [-0.39, 0.29) is 10.9 Å². The molecular weight excluding hydrogens is 399 g/mol. The lowest BCUT2D eigenvalue weighted by Crippen LogP contribution is -2.43. The quantitative estimate of drug-likeness (QED) is 0.296. The lowest BCUT2D eigenvalue weighted by atomic mass is 10.1. The molecule has 0 saturated heterocycles. The lowest BCUT2D eigenvalue weighted by molar-refractivity contribution is 0.414. The van der Waals surface area contributed by atoms with Crippen molar-refractivity contribution in [3.05, 3.63) is 66.0 Å². The van der Waals surface area contributed by atoms with E-state index >= 15 is 0 Å². The predicted molar refractivity (Wildman–Crippen MR) is 124 cm³/mol. The number of ether oxygens (including phenoxy) is 1. The second-order valence-corrected chi connectivity index (χ2v) is 14.6. The van der Waals surface area contributed by atoms with Crippen LogP contribution in [0, 0.1) is 5.82 Å². The zero-order chi connectivity index (χ0) is 21.2. The van der Waals surface area contributed by atoms with Crippen molar-refractivity contribution in [1.82, 2.24) is 0 Å². The molecule has 3 aromatic carbocycles. The van der Waals surface area contributed by atoms with Crippen LogP contribution in [0.3, 0.4) is 0 Å². The Balaban J connectivity index is 1.93. The van der Waals surface area contributed by atoms with Crippen molar-refractivity contribution in [3.63, 3.8) is 0 Å². The maximum Gasteiger partial charge on any atom is 0.250 e. The molecule has 2 nitrogen and oxygen atoms in total. The van der Waals surface area contributed by atoms with Gasteiger partial charge in [-0.2, -0.15) is 0 Å². The fourth-order valence-electron chi connectivity index (χ4n) is 2.75. The third-order valence-electron chi connectivity index (χ3n) is 5.59. The van der Waals surface area contributed by atoms with E-state index in [1.807, 2.05) is 18.2 Å². The first-order valence-electron chi connectivity index (χ1n) is 9.77. The van der Waals surface area contributed by atoms with Gasteiger partial charge in [0.25, 0.3) is 8.32 Å². The summed E-state index contributed by atoms with van der Waals surface area (Å²) in [6.07, 6.45) is 0. The van der Waals surface area contributed by atoms with Crippen LogP contribution < -0.4 is 9.16 Å². The molecule has 0 aromatic heterocycles. The van der Waals surface area contributed by atoms with Crippen molar-refractivity contribution in [2.45, 2.75) is 49.6 Å². The summed E-state index contributed by atoms with van der Waals surface area (Å²) in [6, 6.07) is 17.2. The second-order valence-electron chi connectivity index (χ2n) is 8.79. The minimum absolute atomic E-state index is 0.0683. The van der Waals surface area contributed by atoms with Crippen molar-refractivity contribution in [1.29, 1.82) is 0 Å². The van der Waals surface area contributed by atoms with Gasteiger partial charge in [-0.05, 0) is 65.5 Å². The summed E-state index contributed by atoms with van der Waals surface area (Å²) in [5.74, 6) is 2.24. The highest BCUT2D eigenvalue weighted by molar-refractivity contribution is 7.98. The average Bonchev–Trinajstić information content (AvgIpc) is 2.66. The molecule has 0 amide bonds. The van der Waals surface area contributed by atoms with E-state index in [1.165, 1.54) is 11.6 Å². The molecule has 0 aliphatic rings. The van der Waals surface area contributed by atoms with Crippen LogP contribution in [0.4, 0.5) is 4.39 Å². The Morgan fingerprint density at radius 2 is 1.66 bits per heavy atom. The zero-order valence-electron chi connectivity index (χ0n) is 18.0. The highest BCUT2D eigenvalue weighted by Crippen LogP contribution is 2.41. The summed E-state index contributed by atoms with van der Waals surface area (Å²) in [4.78, 5) is 1.12. The molecule has 3 aromatic rings. The van der Waals surface area contributed by atoms with Gasteiger partial charge in [0, 0.05) is 16.0 Å². The van der Waals surface area contributed by atoms with Gasteiger partial charge in [-0.15, -0.1) is 11.8 Å². The number of fused-ring (bicyclic) bond motifs is 1. The van der Waals surface area contributed by atoms with E-state index < -0.39 is 8.32 Å². The first-order valence-corrected chi connectivity index (χ1v) is 13.7. The van der Waals surface area contributed by atoms with Crippen LogP contribution in [0.25, 0.3) is 10.8 Å². The third kappa shape index (κ3) is 5.14. The standard InChI is InChI=1S/C24H29FO2SSi/c1-24(2,3)29(5,6)27-23-15-21(13-18-9-10-19(25)14-22(18)23)28-16-17-7-11-20(26-4)12-8-17/h7-15H,16H2,1-6H3. The van der Waals surface area contributed by atoms with Crippen molar-refractivity contribution in [2.24, 2.45) is 0 Å². The molecule has 0 radical (unpaired) electrons. The van der Waals surface area contributed by atoms with Crippen LogP contribution in [0.1, 0.15) is 26.3 Å².